The number of nitrogens with zero attached hydrogens (tertiary/aromatic N) is 3. The van der Waals surface area contributed by atoms with E-state index in [-0.39, 0.29) is 19.0 Å². The number of rotatable bonds is 8. The average Bonchev–Trinajstić information content (AvgIpc) is 2.36. The molecule has 0 spiro atoms. The predicted octanol–water partition coefficient (Wildman–Crippen LogP) is 1.30. The molecule has 0 radical (unpaired) electrons. The SMILES string of the molecule is CCCOc1ccnc(N(CCN)CC(F)F)n1. The summed E-state index contributed by atoms with van der Waals surface area (Å²) >= 11 is 0. The summed E-state index contributed by atoms with van der Waals surface area (Å²) in [6.07, 6.45) is -0.120. The van der Waals surface area contributed by atoms with Crippen LogP contribution in [0.1, 0.15) is 13.3 Å². The van der Waals surface area contributed by atoms with Gasteiger partial charge in [-0.25, -0.2) is 13.8 Å². The van der Waals surface area contributed by atoms with Crippen LogP contribution in [-0.2, 0) is 0 Å². The molecular weight excluding hydrogens is 242 g/mol. The van der Waals surface area contributed by atoms with E-state index >= 15 is 0 Å². The first-order valence-corrected chi connectivity index (χ1v) is 5.86. The molecule has 0 fully saturated rings. The maximum Gasteiger partial charge on any atom is 0.255 e. The Morgan fingerprint density at radius 2 is 2.28 bits per heavy atom. The minimum Gasteiger partial charge on any atom is -0.478 e. The van der Waals surface area contributed by atoms with E-state index in [0.29, 0.717) is 12.5 Å². The summed E-state index contributed by atoms with van der Waals surface area (Å²) in [5.41, 5.74) is 5.39. The lowest BCUT2D eigenvalue weighted by Crippen LogP contribution is -2.34. The van der Waals surface area contributed by atoms with Crippen LogP contribution in [0, 0.1) is 0 Å². The number of nitrogens with two attached hydrogens (primary N) is 1. The zero-order valence-electron chi connectivity index (χ0n) is 10.4. The molecule has 18 heavy (non-hydrogen) atoms. The molecule has 0 bridgehead atoms. The third-order valence-corrected chi connectivity index (χ3v) is 2.11. The lowest BCUT2D eigenvalue weighted by Gasteiger charge is -2.21. The second kappa shape index (κ2) is 7.75. The van der Waals surface area contributed by atoms with Crippen LogP contribution in [0.2, 0.25) is 0 Å². The van der Waals surface area contributed by atoms with Crippen LogP contribution in [0.4, 0.5) is 14.7 Å². The zero-order chi connectivity index (χ0) is 13.4. The molecule has 0 saturated heterocycles. The van der Waals surface area contributed by atoms with E-state index in [1.165, 1.54) is 11.1 Å². The quantitative estimate of drug-likeness (QED) is 0.763. The number of alkyl halides is 2. The van der Waals surface area contributed by atoms with Crippen molar-refractivity contribution in [2.75, 3.05) is 31.1 Å². The van der Waals surface area contributed by atoms with Gasteiger partial charge in [-0.15, -0.1) is 0 Å². The van der Waals surface area contributed by atoms with E-state index in [0.717, 1.165) is 6.42 Å². The summed E-state index contributed by atoms with van der Waals surface area (Å²) in [6.45, 7) is 2.61. The van der Waals surface area contributed by atoms with Crippen LogP contribution in [0.15, 0.2) is 12.3 Å². The van der Waals surface area contributed by atoms with Crippen molar-refractivity contribution in [1.82, 2.24) is 9.97 Å². The number of ether oxygens (including phenoxy) is 1. The molecule has 7 heteroatoms. The van der Waals surface area contributed by atoms with Crippen LogP contribution >= 0.6 is 0 Å². The van der Waals surface area contributed by atoms with Crippen molar-refractivity contribution in [3.05, 3.63) is 12.3 Å². The fourth-order valence-electron chi connectivity index (χ4n) is 1.37. The maximum atomic E-state index is 12.4. The maximum absolute atomic E-state index is 12.4. The smallest absolute Gasteiger partial charge is 0.255 e. The highest BCUT2D eigenvalue weighted by atomic mass is 19.3. The Labute approximate surface area is 105 Å². The predicted molar refractivity (Wildman–Crippen MR) is 65.1 cm³/mol. The number of hydrogen-bond donors (Lipinski definition) is 1. The third kappa shape index (κ3) is 4.79. The van der Waals surface area contributed by atoms with Gasteiger partial charge in [0, 0.05) is 25.4 Å². The highest BCUT2D eigenvalue weighted by Gasteiger charge is 2.15. The van der Waals surface area contributed by atoms with E-state index in [2.05, 4.69) is 9.97 Å². The fourth-order valence-corrected chi connectivity index (χ4v) is 1.37. The van der Waals surface area contributed by atoms with Gasteiger partial charge in [0.15, 0.2) is 0 Å². The molecule has 0 amide bonds. The first-order valence-electron chi connectivity index (χ1n) is 5.86. The van der Waals surface area contributed by atoms with Gasteiger partial charge in [0.1, 0.15) is 0 Å². The highest BCUT2D eigenvalue weighted by molar-refractivity contribution is 5.32. The third-order valence-electron chi connectivity index (χ3n) is 2.11. The number of aromatic nitrogens is 2. The average molecular weight is 260 g/mol. The molecule has 0 saturated carbocycles. The van der Waals surface area contributed by atoms with E-state index < -0.39 is 13.0 Å². The van der Waals surface area contributed by atoms with E-state index in [1.807, 2.05) is 6.92 Å². The Kier molecular flexibility index (Phi) is 6.27. The van der Waals surface area contributed by atoms with Crippen molar-refractivity contribution in [2.24, 2.45) is 5.73 Å². The standard InChI is InChI=1S/C11H18F2N4O/c1-2-7-18-10-3-5-15-11(16-10)17(6-4-14)8-9(12)13/h3,5,9H,2,4,6-8,14H2,1H3. The second-order valence-electron chi connectivity index (χ2n) is 3.67. The Morgan fingerprint density at radius 3 is 2.89 bits per heavy atom. The van der Waals surface area contributed by atoms with Gasteiger partial charge in [-0.1, -0.05) is 6.92 Å². The van der Waals surface area contributed by atoms with E-state index in [1.54, 1.807) is 6.07 Å². The number of hydrogen-bond acceptors (Lipinski definition) is 5. The van der Waals surface area contributed by atoms with Crippen LogP contribution in [0.3, 0.4) is 0 Å². The first-order chi connectivity index (χ1) is 8.67. The molecule has 1 heterocycles. The Balaban J connectivity index is 2.76. The van der Waals surface area contributed by atoms with Crippen molar-refractivity contribution in [2.45, 2.75) is 19.8 Å². The largest absolute Gasteiger partial charge is 0.478 e. The van der Waals surface area contributed by atoms with E-state index in [9.17, 15) is 8.78 Å². The summed E-state index contributed by atoms with van der Waals surface area (Å²) in [5.74, 6) is 0.604. The molecule has 0 aromatic carbocycles. The lowest BCUT2D eigenvalue weighted by molar-refractivity contribution is 0.154. The minimum absolute atomic E-state index is 0.217. The number of anilines is 1. The van der Waals surface area contributed by atoms with Crippen molar-refractivity contribution in [3.8, 4) is 5.88 Å². The first kappa shape index (κ1) is 14.6. The molecule has 5 nitrogen and oxygen atoms in total. The minimum atomic E-state index is -2.46. The monoisotopic (exact) mass is 260 g/mol. The van der Waals surface area contributed by atoms with Crippen LogP contribution < -0.4 is 15.4 Å². The summed E-state index contributed by atoms with van der Waals surface area (Å²) in [5, 5.41) is 0. The molecule has 1 rings (SSSR count). The van der Waals surface area contributed by atoms with Gasteiger partial charge in [0.2, 0.25) is 11.8 Å². The zero-order valence-corrected chi connectivity index (χ0v) is 10.4. The lowest BCUT2D eigenvalue weighted by atomic mass is 10.5. The molecule has 1 aromatic heterocycles. The summed E-state index contributed by atoms with van der Waals surface area (Å²) in [7, 11) is 0. The fraction of sp³-hybridized carbons (Fsp3) is 0.636. The van der Waals surface area contributed by atoms with Gasteiger partial charge in [0.25, 0.3) is 6.43 Å². The molecule has 0 atom stereocenters. The second-order valence-corrected chi connectivity index (χ2v) is 3.67. The van der Waals surface area contributed by atoms with Gasteiger partial charge < -0.3 is 15.4 Å². The van der Waals surface area contributed by atoms with Gasteiger partial charge >= 0.3 is 0 Å². The van der Waals surface area contributed by atoms with Crippen molar-refractivity contribution in [3.63, 3.8) is 0 Å². The van der Waals surface area contributed by atoms with Crippen LogP contribution in [-0.4, -0.2) is 42.6 Å². The molecule has 0 unspecified atom stereocenters. The Morgan fingerprint density at radius 1 is 1.50 bits per heavy atom. The van der Waals surface area contributed by atoms with Gasteiger partial charge in [0.05, 0.1) is 13.2 Å². The molecule has 1 aromatic rings. The molecule has 0 aliphatic carbocycles. The summed E-state index contributed by atoms with van der Waals surface area (Å²) in [4.78, 5) is 9.40. The molecule has 0 aliphatic rings. The van der Waals surface area contributed by atoms with E-state index in [4.69, 9.17) is 10.5 Å². The highest BCUT2D eigenvalue weighted by Crippen LogP contribution is 2.13. The van der Waals surface area contributed by atoms with Crippen LogP contribution in [0.5, 0.6) is 5.88 Å². The summed E-state index contributed by atoms with van der Waals surface area (Å²) in [6, 6.07) is 1.60. The summed E-state index contributed by atoms with van der Waals surface area (Å²) < 4.78 is 30.2. The van der Waals surface area contributed by atoms with Crippen LogP contribution in [0.25, 0.3) is 0 Å². The normalized spacial score (nSPS) is 10.7. The molecule has 102 valence electrons. The Bertz CT molecular complexity index is 352. The van der Waals surface area contributed by atoms with Gasteiger partial charge in [-0.2, -0.15) is 4.98 Å². The van der Waals surface area contributed by atoms with Gasteiger partial charge in [-0.05, 0) is 6.42 Å². The topological polar surface area (TPSA) is 64.3 Å². The number of halogens is 2. The Hall–Kier alpha value is -1.50. The molecule has 2 N–H and O–H groups in total. The van der Waals surface area contributed by atoms with Gasteiger partial charge in [-0.3, -0.25) is 0 Å². The molecular formula is C11H18F2N4O. The van der Waals surface area contributed by atoms with Crippen molar-refractivity contribution in [1.29, 1.82) is 0 Å². The van der Waals surface area contributed by atoms with Crippen molar-refractivity contribution < 1.29 is 13.5 Å². The van der Waals surface area contributed by atoms with Crippen molar-refractivity contribution >= 4 is 5.95 Å². The molecule has 0 aliphatic heterocycles.